The van der Waals surface area contributed by atoms with Crippen molar-refractivity contribution in [1.29, 1.82) is 0 Å². The van der Waals surface area contributed by atoms with Crippen molar-refractivity contribution in [2.24, 2.45) is 5.92 Å². The molecule has 0 fully saturated rings. The average molecular weight is 387 g/mol. The van der Waals surface area contributed by atoms with Gasteiger partial charge in [-0.05, 0) is 67.5 Å². The number of para-hydroxylation sites is 2. The Morgan fingerprint density at radius 2 is 1.31 bits per heavy atom. The quantitative estimate of drug-likeness (QED) is 0.399. The first kappa shape index (κ1) is 20.1. The van der Waals surface area contributed by atoms with E-state index in [1.54, 1.807) is 0 Å². The van der Waals surface area contributed by atoms with E-state index in [-0.39, 0.29) is 0 Å². The van der Waals surface area contributed by atoms with E-state index in [4.69, 9.17) is 24.4 Å². The molecule has 0 spiro atoms. The Bertz CT molecular complexity index is 677. The fourth-order valence-corrected chi connectivity index (χ4v) is 2.84. The lowest BCUT2D eigenvalue weighted by Crippen LogP contribution is -2.33. The van der Waals surface area contributed by atoms with Crippen molar-refractivity contribution < 1.29 is 0 Å². The Kier molecular flexibility index (Phi) is 8.86. The second-order valence-corrected chi connectivity index (χ2v) is 7.01. The zero-order valence-corrected chi connectivity index (χ0v) is 16.6. The summed E-state index contributed by atoms with van der Waals surface area (Å²) in [6.45, 7) is 3.93. The SMILES string of the molecule is CC(CCCNC(=S)Nc1ccccc1)CNC(=S)Nc1ccccc1. The van der Waals surface area contributed by atoms with Crippen LogP contribution in [0.15, 0.2) is 60.7 Å². The predicted molar refractivity (Wildman–Crippen MR) is 120 cm³/mol. The van der Waals surface area contributed by atoms with Crippen molar-refractivity contribution in [2.45, 2.75) is 19.8 Å². The summed E-state index contributed by atoms with van der Waals surface area (Å²) in [7, 11) is 0. The standard InChI is InChI=1S/C20H26N4S2/c1-16(15-22-20(26)24-18-12-6-3-7-13-18)9-8-14-21-19(25)23-17-10-4-2-5-11-17/h2-7,10-13,16H,8-9,14-15H2,1H3,(H2,21,23,25)(H2,22,24,26). The normalized spacial score (nSPS) is 11.3. The van der Waals surface area contributed by atoms with Gasteiger partial charge in [-0.15, -0.1) is 0 Å². The minimum absolute atomic E-state index is 0.531. The molecule has 0 heterocycles. The third-order valence-electron chi connectivity index (χ3n) is 3.83. The molecule has 0 aliphatic heterocycles. The van der Waals surface area contributed by atoms with Gasteiger partial charge in [0.2, 0.25) is 0 Å². The van der Waals surface area contributed by atoms with Crippen LogP contribution in [0.1, 0.15) is 19.8 Å². The van der Waals surface area contributed by atoms with Gasteiger partial charge < -0.3 is 21.3 Å². The topological polar surface area (TPSA) is 48.1 Å². The highest BCUT2D eigenvalue weighted by molar-refractivity contribution is 7.80. The molecule has 0 radical (unpaired) electrons. The largest absolute Gasteiger partial charge is 0.362 e. The van der Waals surface area contributed by atoms with Gasteiger partial charge in [0.05, 0.1) is 0 Å². The first-order chi connectivity index (χ1) is 12.6. The molecule has 4 nitrogen and oxygen atoms in total. The van der Waals surface area contributed by atoms with Crippen LogP contribution in [0.4, 0.5) is 11.4 Å². The first-order valence-corrected chi connectivity index (χ1v) is 9.65. The zero-order chi connectivity index (χ0) is 18.6. The number of hydrogen-bond donors (Lipinski definition) is 4. The van der Waals surface area contributed by atoms with Gasteiger partial charge in [-0.25, -0.2) is 0 Å². The molecule has 1 atom stereocenters. The molecule has 0 aliphatic carbocycles. The average Bonchev–Trinajstić information content (AvgIpc) is 2.65. The maximum atomic E-state index is 5.33. The minimum atomic E-state index is 0.531. The molecular formula is C20H26N4S2. The maximum Gasteiger partial charge on any atom is 0.170 e. The molecule has 2 aromatic rings. The van der Waals surface area contributed by atoms with Crippen molar-refractivity contribution in [3.8, 4) is 0 Å². The first-order valence-electron chi connectivity index (χ1n) is 8.83. The summed E-state index contributed by atoms with van der Waals surface area (Å²) in [5.74, 6) is 0.531. The Labute approximate surface area is 166 Å². The van der Waals surface area contributed by atoms with Crippen LogP contribution in [0.5, 0.6) is 0 Å². The van der Waals surface area contributed by atoms with Crippen LogP contribution in [0.25, 0.3) is 0 Å². The van der Waals surface area contributed by atoms with Crippen LogP contribution in [0.2, 0.25) is 0 Å². The van der Waals surface area contributed by atoms with Gasteiger partial charge in [0.15, 0.2) is 10.2 Å². The minimum Gasteiger partial charge on any atom is -0.362 e. The van der Waals surface area contributed by atoms with Crippen LogP contribution < -0.4 is 21.3 Å². The number of hydrogen-bond acceptors (Lipinski definition) is 2. The fourth-order valence-electron chi connectivity index (χ4n) is 2.41. The number of rotatable bonds is 8. The maximum absolute atomic E-state index is 5.33. The van der Waals surface area contributed by atoms with E-state index in [9.17, 15) is 0 Å². The Morgan fingerprint density at radius 1 is 0.808 bits per heavy atom. The second-order valence-electron chi connectivity index (χ2n) is 6.20. The molecule has 4 N–H and O–H groups in total. The third kappa shape index (κ3) is 8.27. The van der Waals surface area contributed by atoms with Crippen molar-refractivity contribution >= 4 is 46.0 Å². The molecule has 0 bridgehead atoms. The molecule has 26 heavy (non-hydrogen) atoms. The fraction of sp³-hybridized carbons (Fsp3) is 0.300. The van der Waals surface area contributed by atoms with Gasteiger partial charge in [0.25, 0.3) is 0 Å². The Hall–Kier alpha value is -2.18. The van der Waals surface area contributed by atoms with E-state index in [2.05, 4.69) is 28.2 Å². The summed E-state index contributed by atoms with van der Waals surface area (Å²) in [4.78, 5) is 0. The molecule has 0 aliphatic rings. The lowest BCUT2D eigenvalue weighted by Gasteiger charge is -2.16. The highest BCUT2D eigenvalue weighted by Gasteiger charge is 2.04. The third-order valence-corrected chi connectivity index (χ3v) is 4.33. The number of thiocarbonyl (C=S) groups is 2. The predicted octanol–water partition coefficient (Wildman–Crippen LogP) is 4.38. The summed E-state index contributed by atoms with van der Waals surface area (Å²) in [6.07, 6.45) is 2.15. The van der Waals surface area contributed by atoms with E-state index in [0.717, 1.165) is 37.3 Å². The monoisotopic (exact) mass is 386 g/mol. The lowest BCUT2D eigenvalue weighted by atomic mass is 10.1. The van der Waals surface area contributed by atoms with Crippen LogP contribution >= 0.6 is 24.4 Å². The summed E-state index contributed by atoms with van der Waals surface area (Å²) in [6, 6.07) is 19.9. The molecule has 0 amide bonds. The highest BCUT2D eigenvalue weighted by atomic mass is 32.1. The van der Waals surface area contributed by atoms with Gasteiger partial charge in [-0.2, -0.15) is 0 Å². The van der Waals surface area contributed by atoms with Crippen LogP contribution in [0, 0.1) is 5.92 Å². The number of nitrogens with one attached hydrogen (secondary N) is 4. The van der Waals surface area contributed by atoms with E-state index in [1.807, 2.05) is 60.7 Å². The van der Waals surface area contributed by atoms with Gasteiger partial charge in [0.1, 0.15) is 0 Å². The molecule has 0 aromatic heterocycles. The van der Waals surface area contributed by atoms with E-state index in [0.29, 0.717) is 16.1 Å². The molecule has 0 saturated heterocycles. The van der Waals surface area contributed by atoms with Crippen LogP contribution in [-0.2, 0) is 0 Å². The van der Waals surface area contributed by atoms with Gasteiger partial charge in [0, 0.05) is 24.5 Å². The highest BCUT2D eigenvalue weighted by Crippen LogP contribution is 2.07. The molecule has 138 valence electrons. The Morgan fingerprint density at radius 3 is 1.85 bits per heavy atom. The second kappa shape index (κ2) is 11.4. The van der Waals surface area contributed by atoms with Crippen molar-refractivity contribution in [3.63, 3.8) is 0 Å². The van der Waals surface area contributed by atoms with Gasteiger partial charge >= 0.3 is 0 Å². The number of benzene rings is 2. The summed E-state index contributed by atoms with van der Waals surface area (Å²) in [5.41, 5.74) is 2.00. The van der Waals surface area contributed by atoms with E-state index in [1.165, 1.54) is 0 Å². The molecule has 6 heteroatoms. The van der Waals surface area contributed by atoms with Gasteiger partial charge in [-0.3, -0.25) is 0 Å². The van der Waals surface area contributed by atoms with Gasteiger partial charge in [-0.1, -0.05) is 43.3 Å². The van der Waals surface area contributed by atoms with Crippen molar-refractivity contribution in [2.75, 3.05) is 23.7 Å². The van der Waals surface area contributed by atoms with Crippen molar-refractivity contribution in [1.82, 2.24) is 10.6 Å². The van der Waals surface area contributed by atoms with Crippen LogP contribution in [0.3, 0.4) is 0 Å². The number of anilines is 2. The molecular weight excluding hydrogens is 360 g/mol. The lowest BCUT2D eigenvalue weighted by molar-refractivity contribution is 0.501. The Balaban J connectivity index is 1.54. The molecule has 0 saturated carbocycles. The summed E-state index contributed by atoms with van der Waals surface area (Å²) in [5, 5.41) is 14.2. The van der Waals surface area contributed by atoms with E-state index < -0.39 is 0 Å². The zero-order valence-electron chi connectivity index (χ0n) is 15.0. The smallest absolute Gasteiger partial charge is 0.170 e. The molecule has 1 unspecified atom stereocenters. The molecule has 2 aromatic carbocycles. The van der Waals surface area contributed by atoms with E-state index >= 15 is 0 Å². The van der Waals surface area contributed by atoms with Crippen molar-refractivity contribution in [3.05, 3.63) is 60.7 Å². The molecule has 2 rings (SSSR count). The summed E-state index contributed by atoms with van der Waals surface area (Å²) >= 11 is 10.6. The summed E-state index contributed by atoms with van der Waals surface area (Å²) < 4.78 is 0. The van der Waals surface area contributed by atoms with Crippen LogP contribution in [-0.4, -0.2) is 23.3 Å².